The van der Waals surface area contributed by atoms with Crippen molar-refractivity contribution in [2.75, 3.05) is 13.2 Å². The molecule has 0 saturated heterocycles. The molecule has 2 N–H and O–H groups in total. The lowest BCUT2D eigenvalue weighted by Crippen LogP contribution is -2.36. The number of benzene rings is 2. The van der Waals surface area contributed by atoms with Crippen molar-refractivity contribution in [2.24, 2.45) is 0 Å². The van der Waals surface area contributed by atoms with E-state index in [4.69, 9.17) is 0 Å². The van der Waals surface area contributed by atoms with Crippen LogP contribution in [0.2, 0.25) is 0 Å². The van der Waals surface area contributed by atoms with Crippen molar-refractivity contribution in [1.29, 1.82) is 0 Å². The predicted octanol–water partition coefficient (Wildman–Crippen LogP) is 3.81. The molecule has 0 fully saturated rings. The topological polar surface area (TPSA) is 50.4 Å². The fraction of sp³-hybridized carbons (Fsp3) is 0.278. The summed E-state index contributed by atoms with van der Waals surface area (Å²) in [6.45, 7) is -0.913. The van der Waals surface area contributed by atoms with Crippen LogP contribution in [-0.2, 0) is 13.0 Å². The molecule has 0 unspecified atom stereocenters. The maximum Gasteiger partial charge on any atom is 0.422 e. The van der Waals surface area contributed by atoms with E-state index in [0.717, 1.165) is 5.56 Å². The molecule has 0 aliphatic carbocycles. The highest BCUT2D eigenvalue weighted by molar-refractivity contribution is 5.73. The molecule has 0 aliphatic heterocycles. The Hall–Kier alpha value is -2.77. The molecule has 0 aromatic heterocycles. The van der Waals surface area contributed by atoms with E-state index in [-0.39, 0.29) is 18.1 Å². The summed E-state index contributed by atoms with van der Waals surface area (Å²) >= 11 is 0. The molecule has 0 spiro atoms. The van der Waals surface area contributed by atoms with Gasteiger partial charge in [0.1, 0.15) is 11.6 Å². The molecule has 0 heterocycles. The zero-order chi connectivity index (χ0) is 19.0. The number of rotatable bonds is 7. The van der Waals surface area contributed by atoms with Crippen molar-refractivity contribution in [3.8, 4) is 5.75 Å². The Morgan fingerprint density at radius 2 is 1.73 bits per heavy atom. The van der Waals surface area contributed by atoms with Crippen LogP contribution in [0.1, 0.15) is 11.1 Å². The molecule has 0 aliphatic rings. The Bertz CT molecular complexity index is 735. The third-order valence-corrected chi connectivity index (χ3v) is 3.34. The van der Waals surface area contributed by atoms with E-state index in [0.29, 0.717) is 18.5 Å². The maximum atomic E-state index is 13.0. The average molecular weight is 370 g/mol. The van der Waals surface area contributed by atoms with E-state index in [9.17, 15) is 22.4 Å². The van der Waals surface area contributed by atoms with Crippen LogP contribution in [0.25, 0.3) is 0 Å². The van der Waals surface area contributed by atoms with Crippen LogP contribution in [0.4, 0.5) is 22.4 Å². The second kappa shape index (κ2) is 9.07. The van der Waals surface area contributed by atoms with Crippen molar-refractivity contribution >= 4 is 6.03 Å². The number of hydrogen-bond acceptors (Lipinski definition) is 2. The number of ether oxygens (including phenoxy) is 1. The number of amides is 2. The van der Waals surface area contributed by atoms with E-state index < -0.39 is 18.8 Å². The number of urea groups is 1. The van der Waals surface area contributed by atoms with Crippen molar-refractivity contribution in [1.82, 2.24) is 10.6 Å². The highest BCUT2D eigenvalue weighted by atomic mass is 19.4. The molecule has 2 amide bonds. The molecule has 0 saturated carbocycles. The minimum atomic E-state index is -4.41. The molecule has 2 aromatic carbocycles. The van der Waals surface area contributed by atoms with Crippen LogP contribution in [-0.4, -0.2) is 25.4 Å². The first-order chi connectivity index (χ1) is 12.3. The summed E-state index contributed by atoms with van der Waals surface area (Å²) in [5, 5.41) is 5.22. The Labute approximate surface area is 148 Å². The first-order valence-corrected chi connectivity index (χ1v) is 7.86. The lowest BCUT2D eigenvalue weighted by molar-refractivity contribution is -0.153. The van der Waals surface area contributed by atoms with Gasteiger partial charge < -0.3 is 15.4 Å². The summed E-state index contributed by atoms with van der Waals surface area (Å²) in [6, 6.07) is 11.7. The third kappa shape index (κ3) is 7.42. The molecular weight excluding hydrogens is 352 g/mol. The Kier molecular flexibility index (Phi) is 6.82. The minimum Gasteiger partial charge on any atom is -0.484 e. The molecule has 8 heteroatoms. The van der Waals surface area contributed by atoms with Crippen molar-refractivity contribution < 1.29 is 27.1 Å². The smallest absolute Gasteiger partial charge is 0.422 e. The largest absolute Gasteiger partial charge is 0.484 e. The molecule has 26 heavy (non-hydrogen) atoms. The van der Waals surface area contributed by atoms with Gasteiger partial charge >= 0.3 is 12.2 Å². The monoisotopic (exact) mass is 370 g/mol. The van der Waals surface area contributed by atoms with Crippen LogP contribution in [0, 0.1) is 5.82 Å². The van der Waals surface area contributed by atoms with E-state index in [1.807, 2.05) is 0 Å². The summed E-state index contributed by atoms with van der Waals surface area (Å²) in [6.07, 6.45) is -3.93. The molecule has 2 rings (SSSR count). The van der Waals surface area contributed by atoms with E-state index in [1.54, 1.807) is 24.3 Å². The summed E-state index contributed by atoms with van der Waals surface area (Å²) in [5.41, 5.74) is 1.37. The van der Waals surface area contributed by atoms with Crippen LogP contribution >= 0.6 is 0 Å². The standard InChI is InChI=1S/C18H18F4N2O2/c19-15-5-1-3-13(9-15)7-8-23-17(25)24-11-14-4-2-6-16(10-14)26-12-18(20,21)22/h1-6,9-10H,7-8,11-12H2,(H2,23,24,25). The van der Waals surface area contributed by atoms with Crippen LogP contribution in [0.5, 0.6) is 5.75 Å². The highest BCUT2D eigenvalue weighted by Gasteiger charge is 2.28. The van der Waals surface area contributed by atoms with Crippen LogP contribution < -0.4 is 15.4 Å². The number of carbonyl (C=O) groups excluding carboxylic acids is 1. The fourth-order valence-corrected chi connectivity index (χ4v) is 2.17. The van der Waals surface area contributed by atoms with Gasteiger partial charge in [0, 0.05) is 13.1 Å². The predicted molar refractivity (Wildman–Crippen MR) is 88.3 cm³/mol. The summed E-state index contributed by atoms with van der Waals surface area (Å²) < 4.78 is 54.1. The lowest BCUT2D eigenvalue weighted by atomic mass is 10.1. The number of nitrogens with one attached hydrogen (secondary N) is 2. The Balaban J connectivity index is 1.73. The quantitative estimate of drug-likeness (QED) is 0.729. The molecule has 140 valence electrons. The number of hydrogen-bond donors (Lipinski definition) is 2. The molecule has 2 aromatic rings. The lowest BCUT2D eigenvalue weighted by Gasteiger charge is -2.11. The molecule has 0 bridgehead atoms. The molecule has 0 atom stereocenters. The minimum absolute atomic E-state index is 0.0770. The van der Waals surface area contributed by atoms with Gasteiger partial charge in [-0.15, -0.1) is 0 Å². The van der Waals surface area contributed by atoms with Crippen molar-refractivity contribution in [3.63, 3.8) is 0 Å². The van der Waals surface area contributed by atoms with E-state index in [2.05, 4.69) is 15.4 Å². The zero-order valence-corrected chi connectivity index (χ0v) is 13.8. The Morgan fingerprint density at radius 3 is 2.46 bits per heavy atom. The average Bonchev–Trinajstić information content (AvgIpc) is 2.58. The van der Waals surface area contributed by atoms with E-state index >= 15 is 0 Å². The number of carbonyl (C=O) groups is 1. The SMILES string of the molecule is O=C(NCCc1cccc(F)c1)NCc1cccc(OCC(F)(F)F)c1. The Morgan fingerprint density at radius 1 is 1.00 bits per heavy atom. The first-order valence-electron chi connectivity index (χ1n) is 7.86. The number of alkyl halides is 3. The van der Waals surface area contributed by atoms with Gasteiger partial charge in [-0.3, -0.25) is 0 Å². The van der Waals surface area contributed by atoms with Gasteiger partial charge in [0.05, 0.1) is 0 Å². The van der Waals surface area contributed by atoms with Gasteiger partial charge in [0.2, 0.25) is 0 Å². The van der Waals surface area contributed by atoms with E-state index in [1.165, 1.54) is 24.3 Å². The summed E-state index contributed by atoms with van der Waals surface area (Å²) in [4.78, 5) is 11.7. The van der Waals surface area contributed by atoms with Gasteiger partial charge in [-0.05, 0) is 41.8 Å². The van der Waals surface area contributed by atoms with Gasteiger partial charge in [0.15, 0.2) is 6.61 Å². The van der Waals surface area contributed by atoms with Crippen molar-refractivity contribution in [2.45, 2.75) is 19.1 Å². The molecule has 4 nitrogen and oxygen atoms in total. The summed E-state index contributed by atoms with van der Waals surface area (Å²) in [5.74, 6) is -0.257. The third-order valence-electron chi connectivity index (χ3n) is 3.34. The normalized spacial score (nSPS) is 11.1. The van der Waals surface area contributed by atoms with Crippen LogP contribution in [0.3, 0.4) is 0 Å². The highest BCUT2D eigenvalue weighted by Crippen LogP contribution is 2.19. The van der Waals surface area contributed by atoms with Gasteiger partial charge in [-0.2, -0.15) is 13.2 Å². The molecule has 0 radical (unpaired) electrons. The van der Waals surface area contributed by atoms with Gasteiger partial charge in [-0.1, -0.05) is 24.3 Å². The maximum absolute atomic E-state index is 13.0. The number of halogens is 4. The van der Waals surface area contributed by atoms with Crippen molar-refractivity contribution in [3.05, 3.63) is 65.5 Å². The van der Waals surface area contributed by atoms with Gasteiger partial charge in [-0.25, -0.2) is 9.18 Å². The van der Waals surface area contributed by atoms with Crippen LogP contribution in [0.15, 0.2) is 48.5 Å². The fourth-order valence-electron chi connectivity index (χ4n) is 2.17. The first kappa shape index (κ1) is 19.6. The second-order valence-corrected chi connectivity index (χ2v) is 5.54. The zero-order valence-electron chi connectivity index (χ0n) is 13.8. The molecular formula is C18H18F4N2O2. The second-order valence-electron chi connectivity index (χ2n) is 5.54. The van der Waals surface area contributed by atoms with Gasteiger partial charge in [0.25, 0.3) is 0 Å². The summed E-state index contributed by atoms with van der Waals surface area (Å²) in [7, 11) is 0.